The van der Waals surface area contributed by atoms with Gasteiger partial charge in [0.25, 0.3) is 0 Å². The highest BCUT2D eigenvalue weighted by Gasteiger charge is 2.15. The minimum atomic E-state index is -0.155. The van der Waals surface area contributed by atoms with Crippen LogP contribution in [0.2, 0.25) is 0 Å². The summed E-state index contributed by atoms with van der Waals surface area (Å²) < 4.78 is 5.83. The smallest absolute Gasteiger partial charge is 0.213 e. The zero-order valence-corrected chi connectivity index (χ0v) is 19.3. The molecule has 170 valence electrons. The largest absolute Gasteiger partial charge is 0.494 e. The first kappa shape index (κ1) is 24.1. The van der Waals surface area contributed by atoms with Crippen molar-refractivity contribution >= 4 is 17.7 Å². The topological polar surface area (TPSA) is 51.0 Å². The highest BCUT2D eigenvalue weighted by Crippen LogP contribution is 2.13. The molecule has 0 fully saturated rings. The summed E-state index contributed by atoms with van der Waals surface area (Å²) in [5.74, 6) is 0.700. The minimum absolute atomic E-state index is 0.155. The second kappa shape index (κ2) is 13.8. The molecule has 3 aromatic carbocycles. The Balaban J connectivity index is 1.60. The Hall–Kier alpha value is -3.53. The van der Waals surface area contributed by atoms with Gasteiger partial charge in [-0.2, -0.15) is 5.10 Å². The van der Waals surface area contributed by atoms with Crippen molar-refractivity contribution < 1.29 is 9.53 Å². The van der Waals surface area contributed by atoms with Gasteiger partial charge in [-0.05, 0) is 36.2 Å². The normalized spacial score (nSPS) is 11.6. The fourth-order valence-corrected chi connectivity index (χ4v) is 3.43. The van der Waals surface area contributed by atoms with Crippen LogP contribution in [0.1, 0.15) is 66.9 Å². The Morgan fingerprint density at radius 3 is 2.03 bits per heavy atom. The Bertz CT molecular complexity index is 1030. The summed E-state index contributed by atoms with van der Waals surface area (Å²) in [5, 5.41) is 8.49. The molecule has 3 aromatic rings. The quantitative estimate of drug-likeness (QED) is 0.123. The highest BCUT2D eigenvalue weighted by molar-refractivity contribution is 6.51. The first-order valence-electron chi connectivity index (χ1n) is 11.8. The van der Waals surface area contributed by atoms with E-state index in [-0.39, 0.29) is 5.78 Å². The van der Waals surface area contributed by atoms with Gasteiger partial charge in [-0.15, -0.1) is 5.10 Å². The van der Waals surface area contributed by atoms with Crippen molar-refractivity contribution in [2.75, 3.05) is 6.61 Å². The standard InChI is InChI=1S/C29H32N2O2/c1-2-3-4-5-6-13-22-33-27-20-18-24(19-21-27)23-30-31-28(25-14-9-7-10-15-25)29(32)26-16-11-8-12-17-26/h7-12,14-21,23H,2-6,13,22H2,1H3/b30-23-,31-28-. The summed E-state index contributed by atoms with van der Waals surface area (Å²) in [6, 6.07) is 26.3. The summed E-state index contributed by atoms with van der Waals surface area (Å²) in [6.07, 6.45) is 9.14. The summed E-state index contributed by atoms with van der Waals surface area (Å²) >= 11 is 0. The molecule has 0 bridgehead atoms. The van der Waals surface area contributed by atoms with Crippen LogP contribution < -0.4 is 4.74 Å². The summed E-state index contributed by atoms with van der Waals surface area (Å²) in [6.45, 7) is 2.97. The third-order valence-electron chi connectivity index (χ3n) is 5.31. The number of carbonyl (C=O) groups is 1. The molecule has 0 aliphatic heterocycles. The fourth-order valence-electron chi connectivity index (χ4n) is 3.43. The number of hydrogen-bond donors (Lipinski definition) is 0. The average Bonchev–Trinajstić information content (AvgIpc) is 2.87. The van der Waals surface area contributed by atoms with E-state index in [2.05, 4.69) is 17.1 Å². The fraction of sp³-hybridized carbons (Fsp3) is 0.276. The number of ether oxygens (including phenoxy) is 1. The van der Waals surface area contributed by atoms with Crippen molar-refractivity contribution in [3.8, 4) is 5.75 Å². The predicted octanol–water partition coefficient (Wildman–Crippen LogP) is 7.13. The zero-order valence-electron chi connectivity index (χ0n) is 19.3. The first-order valence-corrected chi connectivity index (χ1v) is 11.8. The van der Waals surface area contributed by atoms with E-state index in [9.17, 15) is 4.79 Å². The van der Waals surface area contributed by atoms with Crippen LogP contribution in [-0.4, -0.2) is 24.3 Å². The number of carbonyl (C=O) groups excluding carboxylic acids is 1. The molecule has 0 atom stereocenters. The Morgan fingerprint density at radius 1 is 0.758 bits per heavy atom. The molecule has 0 saturated carbocycles. The van der Waals surface area contributed by atoms with E-state index in [1.165, 1.54) is 32.1 Å². The van der Waals surface area contributed by atoms with Crippen LogP contribution in [-0.2, 0) is 0 Å². The van der Waals surface area contributed by atoms with Crippen molar-refractivity contribution in [1.29, 1.82) is 0 Å². The number of hydrogen-bond acceptors (Lipinski definition) is 4. The molecule has 4 nitrogen and oxygen atoms in total. The molecule has 0 heterocycles. The Labute approximate surface area is 197 Å². The summed E-state index contributed by atoms with van der Waals surface area (Å²) in [7, 11) is 0. The molecular weight excluding hydrogens is 408 g/mol. The Morgan fingerprint density at radius 2 is 1.36 bits per heavy atom. The third-order valence-corrected chi connectivity index (χ3v) is 5.31. The number of rotatable bonds is 13. The van der Waals surface area contributed by atoms with Crippen LogP contribution >= 0.6 is 0 Å². The molecule has 0 spiro atoms. The van der Waals surface area contributed by atoms with Gasteiger partial charge in [-0.25, -0.2) is 0 Å². The van der Waals surface area contributed by atoms with Gasteiger partial charge < -0.3 is 4.74 Å². The predicted molar refractivity (Wildman–Crippen MR) is 137 cm³/mol. The van der Waals surface area contributed by atoms with E-state index < -0.39 is 0 Å². The van der Waals surface area contributed by atoms with E-state index in [0.717, 1.165) is 29.9 Å². The molecule has 33 heavy (non-hydrogen) atoms. The van der Waals surface area contributed by atoms with Crippen molar-refractivity contribution in [2.45, 2.75) is 45.4 Å². The van der Waals surface area contributed by atoms with Gasteiger partial charge in [0, 0.05) is 11.1 Å². The lowest BCUT2D eigenvalue weighted by atomic mass is 10.0. The maximum Gasteiger partial charge on any atom is 0.213 e. The van der Waals surface area contributed by atoms with Gasteiger partial charge in [0.15, 0.2) is 0 Å². The molecule has 0 amide bonds. The van der Waals surface area contributed by atoms with E-state index in [0.29, 0.717) is 11.3 Å². The number of ketones is 1. The van der Waals surface area contributed by atoms with Gasteiger partial charge in [0.2, 0.25) is 5.78 Å². The first-order chi connectivity index (χ1) is 16.3. The number of benzene rings is 3. The third kappa shape index (κ3) is 8.15. The molecule has 0 saturated heterocycles. The molecule has 4 heteroatoms. The SMILES string of the molecule is CCCCCCCCOc1ccc(/C=N\N=C(/C(=O)c2ccccc2)c2ccccc2)cc1. The van der Waals surface area contributed by atoms with Crippen molar-refractivity contribution in [1.82, 2.24) is 0 Å². The number of unbranched alkanes of at least 4 members (excludes halogenated alkanes) is 5. The lowest BCUT2D eigenvalue weighted by Crippen LogP contribution is -2.15. The molecular formula is C29H32N2O2. The monoisotopic (exact) mass is 440 g/mol. The van der Waals surface area contributed by atoms with Gasteiger partial charge in [-0.1, -0.05) is 99.7 Å². The van der Waals surface area contributed by atoms with E-state index in [1.807, 2.05) is 72.8 Å². The van der Waals surface area contributed by atoms with Gasteiger partial charge in [0.1, 0.15) is 11.5 Å². The molecule has 0 aliphatic carbocycles. The van der Waals surface area contributed by atoms with Crippen LogP contribution in [0, 0.1) is 0 Å². The number of Topliss-reactive ketones (excluding diaryl/α,β-unsaturated/α-hetero) is 1. The zero-order chi connectivity index (χ0) is 23.1. The molecule has 0 N–H and O–H groups in total. The van der Waals surface area contributed by atoms with E-state index >= 15 is 0 Å². The summed E-state index contributed by atoms with van der Waals surface area (Å²) in [5.41, 5.74) is 2.53. The lowest BCUT2D eigenvalue weighted by Gasteiger charge is -2.06. The van der Waals surface area contributed by atoms with Crippen LogP contribution in [0.3, 0.4) is 0 Å². The maximum atomic E-state index is 13.0. The van der Waals surface area contributed by atoms with Gasteiger partial charge in [0.05, 0.1) is 12.8 Å². The van der Waals surface area contributed by atoms with Crippen molar-refractivity contribution in [3.05, 3.63) is 102 Å². The Kier molecular flexibility index (Phi) is 10.1. The molecule has 0 aromatic heterocycles. The van der Waals surface area contributed by atoms with E-state index in [1.54, 1.807) is 18.3 Å². The average molecular weight is 441 g/mol. The maximum absolute atomic E-state index is 13.0. The van der Waals surface area contributed by atoms with Crippen LogP contribution in [0.4, 0.5) is 0 Å². The molecule has 0 unspecified atom stereocenters. The highest BCUT2D eigenvalue weighted by atomic mass is 16.5. The van der Waals surface area contributed by atoms with E-state index in [4.69, 9.17) is 4.74 Å². The molecule has 0 radical (unpaired) electrons. The van der Waals surface area contributed by atoms with Gasteiger partial charge >= 0.3 is 0 Å². The molecule has 0 aliphatic rings. The second-order valence-electron chi connectivity index (χ2n) is 7.94. The lowest BCUT2D eigenvalue weighted by molar-refractivity contribution is 0.106. The van der Waals surface area contributed by atoms with Crippen LogP contribution in [0.25, 0.3) is 0 Å². The van der Waals surface area contributed by atoms with Crippen LogP contribution in [0.5, 0.6) is 5.75 Å². The van der Waals surface area contributed by atoms with Crippen molar-refractivity contribution in [2.24, 2.45) is 10.2 Å². The van der Waals surface area contributed by atoms with Crippen LogP contribution in [0.15, 0.2) is 95.1 Å². The summed E-state index contributed by atoms with van der Waals surface area (Å²) in [4.78, 5) is 13.0. The minimum Gasteiger partial charge on any atom is -0.494 e. The van der Waals surface area contributed by atoms with Gasteiger partial charge in [-0.3, -0.25) is 4.79 Å². The number of nitrogens with zero attached hydrogens (tertiary/aromatic N) is 2. The van der Waals surface area contributed by atoms with Crippen molar-refractivity contribution in [3.63, 3.8) is 0 Å². The molecule has 3 rings (SSSR count). The second-order valence-corrected chi connectivity index (χ2v) is 7.94.